The summed E-state index contributed by atoms with van der Waals surface area (Å²) in [6.45, 7) is 5.45. The normalized spacial score (nSPS) is 16.2. The molecule has 30 heavy (non-hydrogen) atoms. The molecule has 0 fully saturated rings. The van der Waals surface area contributed by atoms with Gasteiger partial charge in [0.05, 0.1) is 27.8 Å². The van der Waals surface area contributed by atoms with Crippen LogP contribution in [0.25, 0.3) is 0 Å². The fourth-order valence-corrected chi connectivity index (χ4v) is 3.44. The lowest BCUT2D eigenvalue weighted by molar-refractivity contribution is -0.143. The Hall–Kier alpha value is -2.70. The molecule has 8 heteroatoms. The van der Waals surface area contributed by atoms with E-state index in [1.165, 1.54) is 0 Å². The van der Waals surface area contributed by atoms with Crippen molar-refractivity contribution in [3.05, 3.63) is 74.9 Å². The summed E-state index contributed by atoms with van der Waals surface area (Å²) in [6, 6.07) is 11.3. The standard InChI is InChI=1S/C22H22Cl2N2O4/c1-12(2)30-21(27)19-13(3)25-22(28)26-20(19)15-6-4-5-7-18(15)29-11-14-8-9-16(23)17(24)10-14/h4-10,12,20H,11H2,1-3H3,(H2,25,26,28). The van der Waals surface area contributed by atoms with Crippen LogP contribution in [0.15, 0.2) is 53.7 Å². The molecule has 1 aliphatic heterocycles. The maximum absolute atomic E-state index is 12.7. The Bertz CT molecular complexity index is 1000. The number of carbonyl (C=O) groups excluding carboxylic acids is 2. The highest BCUT2D eigenvalue weighted by Gasteiger charge is 2.34. The van der Waals surface area contributed by atoms with E-state index < -0.39 is 18.0 Å². The van der Waals surface area contributed by atoms with E-state index >= 15 is 0 Å². The van der Waals surface area contributed by atoms with E-state index in [2.05, 4.69) is 10.6 Å². The van der Waals surface area contributed by atoms with Crippen LogP contribution in [0.5, 0.6) is 5.75 Å². The molecule has 3 rings (SSSR count). The van der Waals surface area contributed by atoms with Gasteiger partial charge in [-0.05, 0) is 44.5 Å². The minimum atomic E-state index is -0.713. The van der Waals surface area contributed by atoms with Crippen LogP contribution in [0, 0.1) is 0 Å². The van der Waals surface area contributed by atoms with Crippen molar-refractivity contribution in [2.45, 2.75) is 39.5 Å². The molecule has 0 bridgehead atoms. The van der Waals surface area contributed by atoms with Gasteiger partial charge in [-0.2, -0.15) is 0 Å². The van der Waals surface area contributed by atoms with Crippen molar-refractivity contribution in [3.63, 3.8) is 0 Å². The van der Waals surface area contributed by atoms with E-state index in [1.807, 2.05) is 18.2 Å². The molecule has 158 valence electrons. The van der Waals surface area contributed by atoms with Crippen LogP contribution in [0.1, 0.15) is 37.9 Å². The van der Waals surface area contributed by atoms with Gasteiger partial charge in [0.25, 0.3) is 0 Å². The van der Waals surface area contributed by atoms with Crippen LogP contribution in [0.2, 0.25) is 10.0 Å². The van der Waals surface area contributed by atoms with Gasteiger partial charge in [0.15, 0.2) is 0 Å². The summed E-state index contributed by atoms with van der Waals surface area (Å²) in [4.78, 5) is 24.9. The van der Waals surface area contributed by atoms with Crippen LogP contribution in [-0.2, 0) is 16.1 Å². The fraction of sp³-hybridized carbons (Fsp3) is 0.273. The second kappa shape index (κ2) is 9.41. The third-order valence-electron chi connectivity index (χ3n) is 4.44. The third kappa shape index (κ3) is 5.07. The molecule has 2 aromatic carbocycles. The highest BCUT2D eigenvalue weighted by Crippen LogP contribution is 2.34. The van der Waals surface area contributed by atoms with Gasteiger partial charge in [-0.3, -0.25) is 0 Å². The van der Waals surface area contributed by atoms with Crippen molar-refractivity contribution in [1.29, 1.82) is 0 Å². The molecule has 1 aliphatic rings. The number of amides is 2. The Balaban J connectivity index is 1.91. The van der Waals surface area contributed by atoms with Gasteiger partial charge < -0.3 is 20.1 Å². The molecule has 6 nitrogen and oxygen atoms in total. The summed E-state index contributed by atoms with van der Waals surface area (Å²) >= 11 is 12.0. The van der Waals surface area contributed by atoms with Gasteiger partial charge in [-0.15, -0.1) is 0 Å². The summed E-state index contributed by atoms with van der Waals surface area (Å²) in [5.74, 6) is 0.0257. The summed E-state index contributed by atoms with van der Waals surface area (Å²) in [7, 11) is 0. The zero-order chi connectivity index (χ0) is 21.8. The number of benzene rings is 2. The molecule has 2 amide bonds. The Morgan fingerprint density at radius 2 is 1.87 bits per heavy atom. The molecule has 1 heterocycles. The minimum Gasteiger partial charge on any atom is -0.489 e. The highest BCUT2D eigenvalue weighted by atomic mass is 35.5. The number of halogens is 2. The second-order valence-corrected chi connectivity index (χ2v) is 7.91. The number of rotatable bonds is 6. The van der Waals surface area contributed by atoms with Crippen LogP contribution < -0.4 is 15.4 Å². The molecular weight excluding hydrogens is 427 g/mol. The zero-order valence-electron chi connectivity index (χ0n) is 16.8. The SMILES string of the molecule is CC1=C(C(=O)OC(C)C)C(c2ccccc2OCc2ccc(Cl)c(Cl)c2)NC(=O)N1. The third-order valence-corrected chi connectivity index (χ3v) is 5.18. The number of para-hydroxylation sites is 1. The van der Waals surface area contributed by atoms with Crippen molar-refractivity contribution in [2.75, 3.05) is 0 Å². The zero-order valence-corrected chi connectivity index (χ0v) is 18.3. The predicted octanol–water partition coefficient (Wildman–Crippen LogP) is 5.15. The number of hydrogen-bond donors (Lipinski definition) is 2. The van der Waals surface area contributed by atoms with E-state index in [-0.39, 0.29) is 12.7 Å². The van der Waals surface area contributed by atoms with Crippen LogP contribution in [-0.4, -0.2) is 18.1 Å². The summed E-state index contributed by atoms with van der Waals surface area (Å²) < 4.78 is 11.4. The number of nitrogens with one attached hydrogen (secondary N) is 2. The largest absolute Gasteiger partial charge is 0.489 e. The first kappa shape index (κ1) is 22.0. The van der Waals surface area contributed by atoms with Gasteiger partial charge in [-0.25, -0.2) is 9.59 Å². The lowest BCUT2D eigenvalue weighted by Gasteiger charge is -2.29. The second-order valence-electron chi connectivity index (χ2n) is 7.10. The maximum atomic E-state index is 12.7. The quantitative estimate of drug-likeness (QED) is 0.598. The number of allylic oxidation sites excluding steroid dienone is 1. The van der Waals surface area contributed by atoms with Gasteiger partial charge in [0, 0.05) is 11.3 Å². The molecule has 0 aliphatic carbocycles. The molecule has 0 spiro atoms. The lowest BCUT2D eigenvalue weighted by atomic mass is 9.94. The Kier molecular flexibility index (Phi) is 6.90. The van der Waals surface area contributed by atoms with Crippen LogP contribution in [0.4, 0.5) is 4.79 Å². The van der Waals surface area contributed by atoms with Crippen LogP contribution in [0.3, 0.4) is 0 Å². The Labute approximate surface area is 185 Å². The number of urea groups is 1. The van der Waals surface area contributed by atoms with Crippen molar-refractivity contribution in [2.24, 2.45) is 0 Å². The molecule has 2 aromatic rings. The van der Waals surface area contributed by atoms with E-state index in [4.69, 9.17) is 32.7 Å². The maximum Gasteiger partial charge on any atom is 0.338 e. The summed E-state index contributed by atoms with van der Waals surface area (Å²) in [6.07, 6.45) is -0.294. The van der Waals surface area contributed by atoms with E-state index in [0.717, 1.165) is 5.56 Å². The van der Waals surface area contributed by atoms with Gasteiger partial charge in [-0.1, -0.05) is 47.5 Å². The Morgan fingerprint density at radius 3 is 2.57 bits per heavy atom. The number of esters is 1. The van der Waals surface area contributed by atoms with Crippen molar-refractivity contribution in [3.8, 4) is 5.75 Å². The molecule has 0 radical (unpaired) electrons. The molecule has 1 unspecified atom stereocenters. The van der Waals surface area contributed by atoms with Crippen LogP contribution >= 0.6 is 23.2 Å². The first-order chi connectivity index (χ1) is 14.3. The number of hydrogen-bond acceptors (Lipinski definition) is 4. The smallest absolute Gasteiger partial charge is 0.338 e. The average Bonchev–Trinajstić information content (AvgIpc) is 2.68. The van der Waals surface area contributed by atoms with E-state index in [0.29, 0.717) is 32.6 Å². The molecular formula is C22H22Cl2N2O4. The van der Waals surface area contributed by atoms with Crippen molar-refractivity contribution in [1.82, 2.24) is 10.6 Å². The average molecular weight is 449 g/mol. The predicted molar refractivity (Wildman–Crippen MR) is 116 cm³/mol. The molecule has 0 saturated heterocycles. The minimum absolute atomic E-state index is 0.237. The summed E-state index contributed by atoms with van der Waals surface area (Å²) in [5.41, 5.74) is 2.24. The molecule has 1 atom stereocenters. The summed E-state index contributed by atoms with van der Waals surface area (Å²) in [5, 5.41) is 6.33. The van der Waals surface area contributed by atoms with Crippen molar-refractivity contribution >= 4 is 35.2 Å². The number of carbonyl (C=O) groups is 2. The molecule has 2 N–H and O–H groups in total. The Morgan fingerprint density at radius 1 is 1.13 bits per heavy atom. The van der Waals surface area contributed by atoms with Gasteiger partial charge >= 0.3 is 12.0 Å². The van der Waals surface area contributed by atoms with E-state index in [1.54, 1.807) is 45.0 Å². The lowest BCUT2D eigenvalue weighted by Crippen LogP contribution is -2.45. The van der Waals surface area contributed by atoms with Gasteiger partial charge in [0.1, 0.15) is 12.4 Å². The molecule has 0 saturated carbocycles. The first-order valence-electron chi connectivity index (χ1n) is 9.41. The molecule has 0 aromatic heterocycles. The van der Waals surface area contributed by atoms with E-state index in [9.17, 15) is 9.59 Å². The topological polar surface area (TPSA) is 76.7 Å². The fourth-order valence-electron chi connectivity index (χ4n) is 3.12. The monoisotopic (exact) mass is 448 g/mol. The van der Waals surface area contributed by atoms with Gasteiger partial charge in [0.2, 0.25) is 0 Å². The highest BCUT2D eigenvalue weighted by molar-refractivity contribution is 6.42. The first-order valence-corrected chi connectivity index (χ1v) is 10.2. The number of ether oxygens (including phenoxy) is 2. The van der Waals surface area contributed by atoms with Crippen molar-refractivity contribution < 1.29 is 19.1 Å².